The van der Waals surface area contributed by atoms with E-state index in [0.29, 0.717) is 6.61 Å². The zero-order valence-corrected chi connectivity index (χ0v) is 18.2. The van der Waals surface area contributed by atoms with E-state index >= 15 is 0 Å². The summed E-state index contributed by atoms with van der Waals surface area (Å²) in [5.41, 5.74) is 2.62. The molecule has 3 aromatic rings. The Bertz CT molecular complexity index is 853. The second-order valence-electron chi connectivity index (χ2n) is 7.63. The van der Waals surface area contributed by atoms with Gasteiger partial charge in [0.15, 0.2) is 0 Å². The molecule has 3 nitrogen and oxygen atoms in total. The Morgan fingerprint density at radius 1 is 0.839 bits per heavy atom. The third-order valence-corrected chi connectivity index (χ3v) is 5.43. The Kier molecular flexibility index (Phi) is 8.19. The van der Waals surface area contributed by atoms with Crippen LogP contribution in [0.25, 0.3) is 0 Å². The monoisotopic (exact) mass is 414 g/mol. The summed E-state index contributed by atoms with van der Waals surface area (Å²) in [7, 11) is 1.39. The minimum absolute atomic E-state index is 0.266. The highest BCUT2D eigenvalue weighted by molar-refractivity contribution is 5.81. The third kappa shape index (κ3) is 5.71. The lowest BCUT2D eigenvalue weighted by Gasteiger charge is -2.36. The van der Waals surface area contributed by atoms with E-state index in [0.717, 1.165) is 29.5 Å². The van der Waals surface area contributed by atoms with Gasteiger partial charge in [0.1, 0.15) is 5.60 Å². The summed E-state index contributed by atoms with van der Waals surface area (Å²) in [6.45, 7) is 2.69. The predicted octanol–water partition coefficient (Wildman–Crippen LogP) is 6.14. The van der Waals surface area contributed by atoms with Crippen LogP contribution in [0.5, 0.6) is 0 Å². The molecule has 3 aromatic carbocycles. The molecule has 0 spiro atoms. The van der Waals surface area contributed by atoms with Gasteiger partial charge in [0.2, 0.25) is 0 Å². The highest BCUT2D eigenvalue weighted by Crippen LogP contribution is 2.40. The topological polar surface area (TPSA) is 35.5 Å². The second kappa shape index (κ2) is 11.3. The number of carbonyl (C=O) groups is 1. The van der Waals surface area contributed by atoms with E-state index in [9.17, 15) is 4.79 Å². The number of ether oxygens (including phenoxy) is 2. The molecule has 0 N–H and O–H groups in total. The van der Waals surface area contributed by atoms with Crippen molar-refractivity contribution in [1.29, 1.82) is 0 Å². The summed E-state index contributed by atoms with van der Waals surface area (Å²) in [5.74, 6) is -0.0541. The standard InChI is InChI=1S/C28H30O3/c1-23(20-21-27(29)30-2)13-12-22-31-28(24-14-6-3-7-15-24,25-16-8-4-9-17-25)26-18-10-5-11-19-26/h3-11,14-21,23H,12-13,22H2,1-2H3/b21-20+/t23-/m0/s1. The first kappa shape index (κ1) is 22.5. The van der Waals surface area contributed by atoms with Gasteiger partial charge in [-0.15, -0.1) is 0 Å². The average molecular weight is 415 g/mol. The Morgan fingerprint density at radius 2 is 1.29 bits per heavy atom. The van der Waals surface area contributed by atoms with Crippen molar-refractivity contribution in [2.24, 2.45) is 5.92 Å². The van der Waals surface area contributed by atoms with Gasteiger partial charge < -0.3 is 9.47 Å². The molecule has 1 atom stereocenters. The largest absolute Gasteiger partial charge is 0.466 e. The van der Waals surface area contributed by atoms with Crippen molar-refractivity contribution in [3.63, 3.8) is 0 Å². The van der Waals surface area contributed by atoms with Crippen LogP contribution in [-0.4, -0.2) is 19.7 Å². The summed E-state index contributed by atoms with van der Waals surface area (Å²) in [6, 6.07) is 31.2. The van der Waals surface area contributed by atoms with Crippen molar-refractivity contribution in [3.8, 4) is 0 Å². The maximum Gasteiger partial charge on any atom is 0.330 e. The summed E-state index contributed by atoms with van der Waals surface area (Å²) in [5, 5.41) is 0. The minimum Gasteiger partial charge on any atom is -0.466 e. The molecule has 0 saturated heterocycles. The first-order valence-electron chi connectivity index (χ1n) is 10.7. The Morgan fingerprint density at radius 3 is 1.71 bits per heavy atom. The Labute approximate surface area is 185 Å². The molecule has 0 saturated carbocycles. The van der Waals surface area contributed by atoms with E-state index in [4.69, 9.17) is 4.74 Å². The van der Waals surface area contributed by atoms with Gasteiger partial charge in [0.05, 0.1) is 7.11 Å². The fraction of sp³-hybridized carbons (Fsp3) is 0.250. The molecule has 3 rings (SSSR count). The van der Waals surface area contributed by atoms with Crippen LogP contribution in [0.1, 0.15) is 36.5 Å². The maximum absolute atomic E-state index is 11.3. The summed E-state index contributed by atoms with van der Waals surface area (Å²) in [4.78, 5) is 11.3. The SMILES string of the molecule is COC(=O)/C=C/[C@@H](C)CCCOC(c1ccccc1)(c1ccccc1)c1ccccc1. The van der Waals surface area contributed by atoms with E-state index < -0.39 is 5.60 Å². The number of benzene rings is 3. The van der Waals surface area contributed by atoms with Crippen LogP contribution in [0.15, 0.2) is 103 Å². The molecule has 0 bridgehead atoms. The van der Waals surface area contributed by atoms with Gasteiger partial charge in [0, 0.05) is 12.7 Å². The van der Waals surface area contributed by atoms with Crippen molar-refractivity contribution in [2.45, 2.75) is 25.4 Å². The second-order valence-corrected chi connectivity index (χ2v) is 7.63. The average Bonchev–Trinajstić information content (AvgIpc) is 2.84. The number of methoxy groups -OCH3 is 1. The summed E-state index contributed by atoms with van der Waals surface area (Å²) >= 11 is 0. The quantitative estimate of drug-likeness (QED) is 0.173. The first-order valence-corrected chi connectivity index (χ1v) is 10.7. The van der Waals surface area contributed by atoms with E-state index in [1.165, 1.54) is 13.2 Å². The highest BCUT2D eigenvalue weighted by Gasteiger charge is 2.37. The number of hydrogen-bond acceptors (Lipinski definition) is 3. The molecule has 160 valence electrons. The molecule has 0 fully saturated rings. The van der Waals surface area contributed by atoms with Gasteiger partial charge in [0.25, 0.3) is 0 Å². The van der Waals surface area contributed by atoms with Gasteiger partial charge in [-0.3, -0.25) is 0 Å². The van der Waals surface area contributed by atoms with Crippen molar-refractivity contribution >= 4 is 5.97 Å². The first-order chi connectivity index (χ1) is 15.2. The van der Waals surface area contributed by atoms with Crippen LogP contribution in [0, 0.1) is 5.92 Å². The number of hydrogen-bond donors (Lipinski definition) is 0. The lowest BCUT2D eigenvalue weighted by Crippen LogP contribution is -2.33. The van der Waals surface area contributed by atoms with Gasteiger partial charge >= 0.3 is 5.97 Å². The summed E-state index contributed by atoms with van der Waals surface area (Å²) < 4.78 is 11.4. The van der Waals surface area contributed by atoms with Crippen LogP contribution >= 0.6 is 0 Å². The maximum atomic E-state index is 11.3. The number of rotatable bonds is 10. The minimum atomic E-state index is -0.686. The molecule has 0 aliphatic heterocycles. The van der Waals surface area contributed by atoms with E-state index in [1.54, 1.807) is 0 Å². The zero-order valence-electron chi connectivity index (χ0n) is 18.2. The molecule has 0 radical (unpaired) electrons. The third-order valence-electron chi connectivity index (χ3n) is 5.43. The van der Waals surface area contributed by atoms with E-state index in [-0.39, 0.29) is 11.9 Å². The van der Waals surface area contributed by atoms with Gasteiger partial charge in [-0.05, 0) is 35.4 Å². The Balaban J connectivity index is 1.86. The zero-order chi connectivity index (χ0) is 21.9. The van der Waals surface area contributed by atoms with E-state index in [2.05, 4.69) is 84.5 Å². The fourth-order valence-electron chi connectivity index (χ4n) is 3.81. The predicted molar refractivity (Wildman–Crippen MR) is 125 cm³/mol. The van der Waals surface area contributed by atoms with Gasteiger partial charge in [-0.1, -0.05) is 104 Å². The van der Waals surface area contributed by atoms with Crippen molar-refractivity contribution in [1.82, 2.24) is 0 Å². The lowest BCUT2D eigenvalue weighted by molar-refractivity contribution is -0.134. The number of esters is 1. The molecule has 0 heterocycles. The molecule has 0 aromatic heterocycles. The number of carbonyl (C=O) groups excluding carboxylic acids is 1. The normalized spacial score (nSPS) is 12.6. The molecular weight excluding hydrogens is 384 g/mol. The highest BCUT2D eigenvalue weighted by atomic mass is 16.5. The van der Waals surface area contributed by atoms with Crippen LogP contribution in [0.4, 0.5) is 0 Å². The molecular formula is C28H30O3. The number of allylic oxidation sites excluding steroid dienone is 1. The molecule has 0 amide bonds. The molecule has 0 unspecified atom stereocenters. The van der Waals surface area contributed by atoms with Gasteiger partial charge in [-0.2, -0.15) is 0 Å². The van der Waals surface area contributed by atoms with Crippen molar-refractivity contribution < 1.29 is 14.3 Å². The van der Waals surface area contributed by atoms with Crippen LogP contribution in [0.3, 0.4) is 0 Å². The van der Waals surface area contributed by atoms with Crippen molar-refractivity contribution in [2.75, 3.05) is 13.7 Å². The fourth-order valence-corrected chi connectivity index (χ4v) is 3.81. The van der Waals surface area contributed by atoms with Gasteiger partial charge in [-0.25, -0.2) is 4.79 Å². The van der Waals surface area contributed by atoms with Crippen LogP contribution in [-0.2, 0) is 19.9 Å². The summed E-state index contributed by atoms with van der Waals surface area (Å²) in [6.07, 6.45) is 5.18. The molecule has 0 aliphatic carbocycles. The van der Waals surface area contributed by atoms with Crippen molar-refractivity contribution in [3.05, 3.63) is 120 Å². The Hall–Kier alpha value is -3.17. The molecule has 31 heavy (non-hydrogen) atoms. The van der Waals surface area contributed by atoms with E-state index in [1.807, 2.05) is 24.3 Å². The lowest BCUT2D eigenvalue weighted by atomic mass is 9.80. The smallest absolute Gasteiger partial charge is 0.330 e. The molecule has 3 heteroatoms. The van der Waals surface area contributed by atoms with Crippen LogP contribution in [0.2, 0.25) is 0 Å². The van der Waals surface area contributed by atoms with Crippen LogP contribution < -0.4 is 0 Å². The molecule has 0 aliphatic rings.